The summed E-state index contributed by atoms with van der Waals surface area (Å²) in [6.45, 7) is 7.06. The maximum Gasteiger partial charge on any atom is 0.307 e. The summed E-state index contributed by atoms with van der Waals surface area (Å²) in [5.41, 5.74) is 4.39. The summed E-state index contributed by atoms with van der Waals surface area (Å²) in [4.78, 5) is 24.1. The second-order valence-corrected chi connectivity index (χ2v) is 9.85. The van der Waals surface area contributed by atoms with Crippen LogP contribution in [0, 0.1) is 27.7 Å². The van der Waals surface area contributed by atoms with Gasteiger partial charge in [0.1, 0.15) is 0 Å². The number of esters is 1. The Labute approximate surface area is 179 Å². The number of carbonyl (C=O) groups is 2. The van der Waals surface area contributed by atoms with E-state index in [1.54, 1.807) is 24.3 Å². The molecular weight excluding hydrogens is 458 g/mol. The molecule has 0 spiro atoms. The number of rotatable bonds is 7. The highest BCUT2D eigenvalue weighted by Gasteiger charge is 2.18. The van der Waals surface area contributed by atoms with Gasteiger partial charge in [-0.05, 0) is 74.2 Å². The van der Waals surface area contributed by atoms with Crippen molar-refractivity contribution >= 4 is 43.3 Å². The predicted molar refractivity (Wildman–Crippen MR) is 116 cm³/mol. The lowest BCUT2D eigenvalue weighted by Gasteiger charge is -2.10. The SMILES string of the molecule is Cc1ccc(S(=O)(=O)CCC(=O)OCC(=O)Nc2cc(C)c(Br)c(C)c2)cc1C. The molecule has 0 aliphatic heterocycles. The molecule has 0 unspecified atom stereocenters. The first-order valence-electron chi connectivity index (χ1n) is 9.02. The van der Waals surface area contributed by atoms with Crippen LogP contribution in [0.15, 0.2) is 39.7 Å². The number of aryl methyl sites for hydroxylation is 4. The third-order valence-corrected chi connectivity index (χ3v) is 7.46. The monoisotopic (exact) mass is 481 g/mol. The van der Waals surface area contributed by atoms with Crippen LogP contribution in [-0.4, -0.2) is 32.7 Å². The smallest absolute Gasteiger partial charge is 0.307 e. The lowest BCUT2D eigenvalue weighted by Crippen LogP contribution is -2.22. The number of sulfone groups is 1. The van der Waals surface area contributed by atoms with E-state index in [1.807, 2.05) is 27.7 Å². The summed E-state index contributed by atoms with van der Waals surface area (Å²) in [5.74, 6) is -1.60. The number of carbonyl (C=O) groups excluding carboxylic acids is 2. The number of hydrogen-bond donors (Lipinski definition) is 1. The molecule has 0 fully saturated rings. The van der Waals surface area contributed by atoms with Gasteiger partial charge in [-0.15, -0.1) is 0 Å². The van der Waals surface area contributed by atoms with E-state index in [1.165, 1.54) is 6.07 Å². The Morgan fingerprint density at radius 2 is 1.59 bits per heavy atom. The molecule has 2 aromatic rings. The quantitative estimate of drug-likeness (QED) is 0.602. The Hall–Kier alpha value is -2.19. The standard InChI is InChI=1S/C21H24BrNO5S/c1-13-5-6-18(11-14(13)2)29(26,27)8-7-20(25)28-12-19(24)23-17-9-15(3)21(22)16(4)10-17/h5-6,9-11H,7-8,12H2,1-4H3,(H,23,24). The topological polar surface area (TPSA) is 89.5 Å². The Morgan fingerprint density at radius 1 is 0.966 bits per heavy atom. The summed E-state index contributed by atoms with van der Waals surface area (Å²) in [6.07, 6.45) is -0.320. The van der Waals surface area contributed by atoms with Crippen molar-refractivity contribution in [3.05, 3.63) is 57.1 Å². The van der Waals surface area contributed by atoms with E-state index in [9.17, 15) is 18.0 Å². The third kappa shape index (κ3) is 6.40. The van der Waals surface area contributed by atoms with Gasteiger partial charge in [-0.1, -0.05) is 22.0 Å². The van der Waals surface area contributed by atoms with Gasteiger partial charge in [0, 0.05) is 10.2 Å². The van der Waals surface area contributed by atoms with Gasteiger partial charge in [0.05, 0.1) is 17.1 Å². The average molecular weight is 482 g/mol. The first-order valence-corrected chi connectivity index (χ1v) is 11.5. The fourth-order valence-corrected chi connectivity index (χ4v) is 4.21. The highest BCUT2D eigenvalue weighted by molar-refractivity contribution is 9.10. The summed E-state index contributed by atoms with van der Waals surface area (Å²) >= 11 is 3.46. The summed E-state index contributed by atoms with van der Waals surface area (Å²) in [7, 11) is -3.60. The van der Waals surface area contributed by atoms with Crippen molar-refractivity contribution < 1.29 is 22.7 Å². The molecule has 1 N–H and O–H groups in total. The lowest BCUT2D eigenvalue weighted by molar-refractivity contribution is -0.146. The van der Waals surface area contributed by atoms with Crippen LogP contribution < -0.4 is 5.32 Å². The molecule has 0 saturated heterocycles. The van der Waals surface area contributed by atoms with Crippen molar-refractivity contribution in [2.45, 2.75) is 39.0 Å². The molecule has 0 saturated carbocycles. The van der Waals surface area contributed by atoms with Crippen LogP contribution in [0.25, 0.3) is 0 Å². The average Bonchev–Trinajstić information content (AvgIpc) is 2.65. The zero-order valence-corrected chi connectivity index (χ0v) is 19.2. The van der Waals surface area contributed by atoms with Gasteiger partial charge in [-0.2, -0.15) is 0 Å². The van der Waals surface area contributed by atoms with Crippen LogP contribution in [0.2, 0.25) is 0 Å². The van der Waals surface area contributed by atoms with Crippen LogP contribution >= 0.6 is 15.9 Å². The molecule has 0 aliphatic carbocycles. The number of halogens is 1. The van der Waals surface area contributed by atoms with Crippen LogP contribution in [-0.2, 0) is 24.2 Å². The largest absolute Gasteiger partial charge is 0.456 e. The molecule has 0 aliphatic rings. The van der Waals surface area contributed by atoms with E-state index in [0.29, 0.717) is 5.69 Å². The fourth-order valence-electron chi connectivity index (χ4n) is 2.68. The number of anilines is 1. The maximum absolute atomic E-state index is 12.4. The molecular formula is C21H24BrNO5S. The molecule has 156 valence electrons. The molecule has 0 heterocycles. The van der Waals surface area contributed by atoms with Gasteiger partial charge >= 0.3 is 5.97 Å². The minimum absolute atomic E-state index is 0.173. The number of nitrogens with one attached hydrogen (secondary N) is 1. The molecule has 2 aromatic carbocycles. The minimum atomic E-state index is -3.60. The number of amides is 1. The lowest BCUT2D eigenvalue weighted by atomic mass is 10.1. The van der Waals surface area contributed by atoms with E-state index in [-0.39, 0.29) is 17.1 Å². The van der Waals surface area contributed by atoms with Crippen molar-refractivity contribution in [2.75, 3.05) is 17.7 Å². The number of hydrogen-bond acceptors (Lipinski definition) is 5. The van der Waals surface area contributed by atoms with Crippen molar-refractivity contribution in [2.24, 2.45) is 0 Å². The highest BCUT2D eigenvalue weighted by Crippen LogP contribution is 2.25. The molecule has 0 bridgehead atoms. The molecule has 29 heavy (non-hydrogen) atoms. The third-order valence-electron chi connectivity index (χ3n) is 4.50. The van der Waals surface area contributed by atoms with Crippen LogP contribution in [0.5, 0.6) is 0 Å². The molecule has 6 nitrogen and oxygen atoms in total. The minimum Gasteiger partial charge on any atom is -0.456 e. The van der Waals surface area contributed by atoms with Crippen molar-refractivity contribution in [3.63, 3.8) is 0 Å². The molecule has 8 heteroatoms. The molecule has 1 amide bonds. The van der Waals surface area contributed by atoms with E-state index in [2.05, 4.69) is 21.2 Å². The van der Waals surface area contributed by atoms with E-state index < -0.39 is 28.3 Å². The maximum atomic E-state index is 12.4. The number of ether oxygens (including phenoxy) is 1. The fraction of sp³-hybridized carbons (Fsp3) is 0.333. The summed E-state index contributed by atoms with van der Waals surface area (Å²) < 4.78 is 30.6. The Balaban J connectivity index is 1.86. The second kappa shape index (κ2) is 9.54. The van der Waals surface area contributed by atoms with Crippen molar-refractivity contribution in [1.82, 2.24) is 0 Å². The van der Waals surface area contributed by atoms with Crippen LogP contribution in [0.4, 0.5) is 5.69 Å². The van der Waals surface area contributed by atoms with Gasteiger partial charge in [0.25, 0.3) is 5.91 Å². The van der Waals surface area contributed by atoms with E-state index in [0.717, 1.165) is 26.7 Å². The van der Waals surface area contributed by atoms with Crippen LogP contribution in [0.3, 0.4) is 0 Å². The van der Waals surface area contributed by atoms with Gasteiger partial charge in [-0.25, -0.2) is 8.42 Å². The first-order chi connectivity index (χ1) is 13.5. The highest BCUT2D eigenvalue weighted by atomic mass is 79.9. The van der Waals surface area contributed by atoms with E-state index in [4.69, 9.17) is 4.74 Å². The molecule has 0 aromatic heterocycles. The normalized spacial score (nSPS) is 11.2. The second-order valence-electron chi connectivity index (χ2n) is 6.95. The zero-order chi connectivity index (χ0) is 21.8. The zero-order valence-electron chi connectivity index (χ0n) is 16.8. The Bertz CT molecular complexity index is 1020. The first kappa shape index (κ1) is 23.1. The number of benzene rings is 2. The van der Waals surface area contributed by atoms with Crippen molar-refractivity contribution in [1.29, 1.82) is 0 Å². The predicted octanol–water partition coefficient (Wildman–Crippen LogP) is 4.03. The molecule has 0 radical (unpaired) electrons. The van der Waals surface area contributed by atoms with Crippen LogP contribution in [0.1, 0.15) is 28.7 Å². The molecule has 0 atom stereocenters. The van der Waals surface area contributed by atoms with Gasteiger partial charge in [-0.3, -0.25) is 9.59 Å². The summed E-state index contributed by atoms with van der Waals surface area (Å²) in [6, 6.07) is 8.45. The van der Waals surface area contributed by atoms with Gasteiger partial charge in [0.15, 0.2) is 16.4 Å². The van der Waals surface area contributed by atoms with Crippen molar-refractivity contribution in [3.8, 4) is 0 Å². The van der Waals surface area contributed by atoms with Gasteiger partial charge in [0.2, 0.25) is 0 Å². The Kier molecular flexibility index (Phi) is 7.60. The Morgan fingerprint density at radius 3 is 2.17 bits per heavy atom. The van der Waals surface area contributed by atoms with Gasteiger partial charge < -0.3 is 10.1 Å². The summed E-state index contributed by atoms with van der Waals surface area (Å²) in [5, 5.41) is 2.66. The van der Waals surface area contributed by atoms with E-state index >= 15 is 0 Å². The molecule has 2 rings (SSSR count).